The van der Waals surface area contributed by atoms with Crippen molar-refractivity contribution in [2.24, 2.45) is 13.0 Å². The lowest BCUT2D eigenvalue weighted by molar-refractivity contribution is 0.0294. The van der Waals surface area contributed by atoms with Gasteiger partial charge in [-0.2, -0.15) is 5.10 Å². The number of carbonyl (C=O) groups excluding carboxylic acids is 1. The molecule has 30 heavy (non-hydrogen) atoms. The predicted molar refractivity (Wildman–Crippen MR) is 118 cm³/mol. The molecule has 2 bridgehead atoms. The van der Waals surface area contributed by atoms with Crippen LogP contribution in [0, 0.1) is 5.92 Å². The number of rotatable bonds is 6. The first-order chi connectivity index (χ1) is 14.5. The second-order valence-electron chi connectivity index (χ2n) is 8.83. The van der Waals surface area contributed by atoms with Crippen LogP contribution in [-0.2, 0) is 7.05 Å². The van der Waals surface area contributed by atoms with E-state index in [9.17, 15) is 4.79 Å². The molecule has 0 aliphatic carbocycles. The summed E-state index contributed by atoms with van der Waals surface area (Å²) in [5.41, 5.74) is 3.28. The van der Waals surface area contributed by atoms with E-state index in [-0.39, 0.29) is 12.1 Å². The Bertz CT molecular complexity index is 893. The summed E-state index contributed by atoms with van der Waals surface area (Å²) in [4.78, 5) is 14.5. The largest absolute Gasteiger partial charge is 0.496 e. The number of hydrogen-bond acceptors (Lipinski definition) is 4. The minimum absolute atomic E-state index is 0.0720. The van der Waals surface area contributed by atoms with Gasteiger partial charge < -0.3 is 15.4 Å². The number of nitrogens with one attached hydrogen (secondary N) is 2. The van der Waals surface area contributed by atoms with Gasteiger partial charge in [-0.1, -0.05) is 12.1 Å². The Balaban J connectivity index is 1.46. The van der Waals surface area contributed by atoms with E-state index in [0.717, 1.165) is 36.5 Å². The zero-order valence-electron chi connectivity index (χ0n) is 18.4. The summed E-state index contributed by atoms with van der Waals surface area (Å²) in [5.74, 6) is 1.94. The Kier molecular flexibility index (Phi) is 5.99. The lowest BCUT2D eigenvalue weighted by Crippen LogP contribution is -2.57. The first-order valence-corrected chi connectivity index (χ1v) is 10.9. The van der Waals surface area contributed by atoms with Crippen LogP contribution in [0.4, 0.5) is 4.79 Å². The lowest BCUT2D eigenvalue weighted by Gasteiger charge is -2.49. The van der Waals surface area contributed by atoms with E-state index in [2.05, 4.69) is 27.7 Å². The number of fused-ring (bicyclic) bond motifs is 3. The smallest absolute Gasteiger partial charge is 0.315 e. The Morgan fingerprint density at radius 1 is 1.33 bits per heavy atom. The van der Waals surface area contributed by atoms with Gasteiger partial charge in [0.15, 0.2) is 0 Å². The molecule has 0 spiro atoms. The average molecular weight is 412 g/mol. The molecule has 162 valence electrons. The van der Waals surface area contributed by atoms with Crippen molar-refractivity contribution in [1.29, 1.82) is 0 Å². The van der Waals surface area contributed by atoms with Crippen molar-refractivity contribution in [3.63, 3.8) is 0 Å². The summed E-state index contributed by atoms with van der Waals surface area (Å²) in [6.07, 6.45) is 2.32. The number of aromatic nitrogens is 2. The second kappa shape index (κ2) is 8.68. The topological polar surface area (TPSA) is 71.4 Å². The van der Waals surface area contributed by atoms with Crippen LogP contribution in [0.25, 0.3) is 11.3 Å². The third-order valence-electron chi connectivity index (χ3n) is 6.48. The maximum atomic E-state index is 12.0. The number of aryl methyl sites for hydroxylation is 1. The fraction of sp³-hybridized carbons (Fsp3) is 0.565. The van der Waals surface area contributed by atoms with Crippen LogP contribution in [0.1, 0.15) is 38.3 Å². The van der Waals surface area contributed by atoms with E-state index >= 15 is 0 Å². The third kappa shape index (κ3) is 4.17. The Morgan fingerprint density at radius 2 is 2.13 bits per heavy atom. The fourth-order valence-corrected chi connectivity index (χ4v) is 5.03. The molecule has 5 rings (SSSR count). The molecule has 3 saturated heterocycles. The number of hydrogen-bond donors (Lipinski definition) is 2. The minimum Gasteiger partial charge on any atom is -0.496 e. The highest BCUT2D eigenvalue weighted by atomic mass is 16.5. The fourth-order valence-electron chi connectivity index (χ4n) is 5.03. The van der Waals surface area contributed by atoms with Gasteiger partial charge in [0.25, 0.3) is 0 Å². The van der Waals surface area contributed by atoms with Gasteiger partial charge in [-0.05, 0) is 57.4 Å². The van der Waals surface area contributed by atoms with Gasteiger partial charge >= 0.3 is 6.03 Å². The summed E-state index contributed by atoms with van der Waals surface area (Å²) in [6.45, 7) is 6.79. The van der Waals surface area contributed by atoms with Crippen LogP contribution >= 0.6 is 0 Å². The van der Waals surface area contributed by atoms with Crippen molar-refractivity contribution in [3.05, 3.63) is 36.0 Å². The monoisotopic (exact) mass is 411 g/mol. The molecule has 1 unspecified atom stereocenters. The first-order valence-electron chi connectivity index (χ1n) is 10.9. The molecule has 3 aliphatic heterocycles. The summed E-state index contributed by atoms with van der Waals surface area (Å²) in [5, 5.41) is 10.8. The molecule has 0 radical (unpaired) electrons. The normalized spacial score (nSPS) is 25.4. The third-order valence-corrected chi connectivity index (χ3v) is 6.48. The van der Waals surface area contributed by atoms with E-state index in [1.165, 1.54) is 12.1 Å². The molecule has 2 aromatic rings. The number of para-hydroxylation sites is 1. The van der Waals surface area contributed by atoms with Crippen molar-refractivity contribution in [2.75, 3.05) is 26.7 Å². The molecule has 2 N–H and O–H groups in total. The minimum atomic E-state index is -0.0720. The van der Waals surface area contributed by atoms with E-state index < -0.39 is 0 Å². The van der Waals surface area contributed by atoms with Gasteiger partial charge in [-0.15, -0.1) is 0 Å². The quantitative estimate of drug-likeness (QED) is 0.767. The molecule has 0 saturated carbocycles. The lowest BCUT2D eigenvalue weighted by atomic mass is 9.74. The van der Waals surface area contributed by atoms with Crippen LogP contribution in [0.2, 0.25) is 0 Å². The zero-order valence-corrected chi connectivity index (χ0v) is 18.4. The standard InChI is InChI=1S/C23H33N5O2/c1-15(2)25-23(29)24-13-17-11-16-9-10-28(17)14-19(16)21-12-20(26-27(21)3)18-7-5-6-8-22(18)30-4/h5-8,12,15-17,19H,9-11,13-14H2,1-4H3,(H2,24,25,29)/t16-,17+,19-/m0/s1. The highest BCUT2D eigenvalue weighted by Crippen LogP contribution is 2.42. The van der Waals surface area contributed by atoms with Crippen molar-refractivity contribution >= 4 is 6.03 Å². The van der Waals surface area contributed by atoms with Gasteiger partial charge in [0, 0.05) is 49.4 Å². The van der Waals surface area contributed by atoms with Crippen LogP contribution in [-0.4, -0.2) is 59.5 Å². The maximum Gasteiger partial charge on any atom is 0.315 e. The van der Waals surface area contributed by atoms with Crippen LogP contribution in [0.5, 0.6) is 5.75 Å². The van der Waals surface area contributed by atoms with Crippen LogP contribution in [0.3, 0.4) is 0 Å². The van der Waals surface area contributed by atoms with Gasteiger partial charge in [0.2, 0.25) is 0 Å². The van der Waals surface area contributed by atoms with Gasteiger partial charge in [-0.25, -0.2) is 4.79 Å². The van der Waals surface area contributed by atoms with Gasteiger partial charge in [0.1, 0.15) is 5.75 Å². The number of piperidine rings is 3. The molecule has 3 aliphatic rings. The summed E-state index contributed by atoms with van der Waals surface area (Å²) < 4.78 is 7.57. The van der Waals surface area contributed by atoms with Crippen LogP contribution in [0.15, 0.2) is 30.3 Å². The van der Waals surface area contributed by atoms with E-state index in [0.29, 0.717) is 24.4 Å². The molecule has 7 nitrogen and oxygen atoms in total. The van der Waals surface area contributed by atoms with E-state index in [1.54, 1.807) is 7.11 Å². The van der Waals surface area contributed by atoms with Crippen LogP contribution < -0.4 is 15.4 Å². The highest BCUT2D eigenvalue weighted by molar-refractivity contribution is 5.74. The summed E-state index contributed by atoms with van der Waals surface area (Å²) >= 11 is 0. The number of methoxy groups -OCH3 is 1. The second-order valence-corrected chi connectivity index (χ2v) is 8.83. The zero-order chi connectivity index (χ0) is 21.3. The first kappa shape index (κ1) is 20.7. The number of carbonyl (C=O) groups is 1. The molecular formula is C23H33N5O2. The molecule has 3 fully saturated rings. The van der Waals surface area contributed by atoms with Crippen molar-refractivity contribution in [2.45, 2.75) is 44.7 Å². The van der Waals surface area contributed by atoms with E-state index in [1.807, 2.05) is 43.8 Å². The summed E-state index contributed by atoms with van der Waals surface area (Å²) in [7, 11) is 3.74. The average Bonchev–Trinajstić information content (AvgIpc) is 3.13. The molecule has 4 atom stereocenters. The Morgan fingerprint density at radius 3 is 2.83 bits per heavy atom. The number of nitrogens with zero attached hydrogens (tertiary/aromatic N) is 3. The Hall–Kier alpha value is -2.54. The number of amides is 2. The number of benzene rings is 1. The molecule has 2 amide bonds. The maximum absolute atomic E-state index is 12.0. The number of urea groups is 1. The molecule has 1 aromatic carbocycles. The van der Waals surface area contributed by atoms with Crippen molar-refractivity contribution in [3.8, 4) is 17.0 Å². The highest BCUT2D eigenvalue weighted by Gasteiger charge is 2.41. The Labute approximate surface area is 178 Å². The van der Waals surface area contributed by atoms with Gasteiger partial charge in [-0.3, -0.25) is 9.58 Å². The van der Waals surface area contributed by atoms with Crippen molar-refractivity contribution in [1.82, 2.24) is 25.3 Å². The SMILES string of the molecule is COc1ccccc1-c1cc([C@H]2CN3CC[C@H]2C[C@@H]3CNC(=O)NC(C)C)n(C)n1. The molecule has 1 aromatic heterocycles. The molecular weight excluding hydrogens is 378 g/mol. The van der Waals surface area contributed by atoms with Crippen molar-refractivity contribution < 1.29 is 9.53 Å². The van der Waals surface area contributed by atoms with Gasteiger partial charge in [0.05, 0.1) is 12.8 Å². The molecule has 4 heterocycles. The predicted octanol–water partition coefficient (Wildman–Crippen LogP) is 2.98. The molecule has 7 heteroatoms. The number of ether oxygens (including phenoxy) is 1. The van der Waals surface area contributed by atoms with E-state index in [4.69, 9.17) is 9.84 Å². The summed E-state index contributed by atoms with van der Waals surface area (Å²) in [6, 6.07) is 10.8.